The highest BCUT2D eigenvalue weighted by molar-refractivity contribution is 7.47. The van der Waals surface area contributed by atoms with Crippen molar-refractivity contribution in [3.63, 3.8) is 0 Å². The number of carbonyl (C=O) groups excluding carboxylic acids is 2. The van der Waals surface area contributed by atoms with Gasteiger partial charge in [0.1, 0.15) is 19.8 Å². The summed E-state index contributed by atoms with van der Waals surface area (Å²) in [6, 6.07) is 0. The number of hydrogen-bond donors (Lipinski definition) is 1. The summed E-state index contributed by atoms with van der Waals surface area (Å²) in [5.74, 6) is -0.772. The third-order valence-corrected chi connectivity index (χ3v) is 14.9. The van der Waals surface area contributed by atoms with E-state index in [2.05, 4.69) is 13.8 Å². The molecule has 10 heteroatoms. The third-order valence-electron chi connectivity index (χ3n) is 13.9. The van der Waals surface area contributed by atoms with E-state index in [1.54, 1.807) is 0 Å². The van der Waals surface area contributed by atoms with Crippen molar-refractivity contribution in [1.82, 2.24) is 0 Å². The SMILES string of the molecule is CCCCCCCCCCCCCCCCCCCCCCCCCCCCC(=O)OC(COC(=O)CCCCCCCCCCCCCCCCCCCCC)COP(=O)(O)OCC[N+](C)(C)C. The minimum atomic E-state index is -4.38. The van der Waals surface area contributed by atoms with Gasteiger partial charge in [-0.25, -0.2) is 4.57 Å². The van der Waals surface area contributed by atoms with Crippen molar-refractivity contribution in [2.75, 3.05) is 47.5 Å². The zero-order valence-electron chi connectivity index (χ0n) is 46.8. The minimum absolute atomic E-state index is 0.0375. The number of phosphoric acid groups is 1. The number of quaternary nitrogens is 1. The normalized spacial score (nSPS) is 13.2. The zero-order valence-corrected chi connectivity index (χ0v) is 47.7. The van der Waals surface area contributed by atoms with E-state index in [9.17, 15) is 19.0 Å². The highest BCUT2D eigenvalue weighted by atomic mass is 31.2. The average molecular weight is 1000 g/mol. The predicted octanol–water partition coefficient (Wildman–Crippen LogP) is 18.7. The summed E-state index contributed by atoms with van der Waals surface area (Å²) >= 11 is 0. The molecular formula is C59H119NO8P+. The van der Waals surface area contributed by atoms with Gasteiger partial charge in [0.05, 0.1) is 27.7 Å². The first-order valence-corrected chi connectivity index (χ1v) is 31.8. The summed E-state index contributed by atoms with van der Waals surface area (Å²) in [4.78, 5) is 35.7. The number of esters is 2. The predicted molar refractivity (Wildman–Crippen MR) is 294 cm³/mol. The first kappa shape index (κ1) is 68.0. The number of hydrogen-bond acceptors (Lipinski definition) is 7. The van der Waals surface area contributed by atoms with Gasteiger partial charge in [0.2, 0.25) is 0 Å². The van der Waals surface area contributed by atoms with Gasteiger partial charge in [-0.2, -0.15) is 0 Å². The van der Waals surface area contributed by atoms with Crippen LogP contribution in [0.4, 0.5) is 0 Å². The van der Waals surface area contributed by atoms with E-state index in [0.717, 1.165) is 38.5 Å². The van der Waals surface area contributed by atoms with Crippen molar-refractivity contribution < 1.29 is 42.1 Å². The molecular weight excluding hydrogens is 882 g/mol. The molecule has 0 saturated carbocycles. The molecule has 9 nitrogen and oxygen atoms in total. The Hall–Kier alpha value is -0.990. The van der Waals surface area contributed by atoms with Crippen LogP contribution in [0.1, 0.15) is 316 Å². The molecule has 412 valence electrons. The van der Waals surface area contributed by atoms with Gasteiger partial charge in [-0.15, -0.1) is 0 Å². The van der Waals surface area contributed by atoms with Crippen molar-refractivity contribution in [2.24, 2.45) is 0 Å². The summed E-state index contributed by atoms with van der Waals surface area (Å²) < 4.78 is 34.6. The average Bonchev–Trinajstić information content (AvgIpc) is 3.31. The van der Waals surface area contributed by atoms with E-state index in [0.29, 0.717) is 17.4 Å². The fraction of sp³-hybridized carbons (Fsp3) is 0.966. The summed E-state index contributed by atoms with van der Waals surface area (Å²) in [6.45, 7) is 4.51. The molecule has 0 fully saturated rings. The maximum atomic E-state index is 12.8. The van der Waals surface area contributed by atoms with Crippen molar-refractivity contribution in [2.45, 2.75) is 322 Å². The second-order valence-corrected chi connectivity index (χ2v) is 23.6. The van der Waals surface area contributed by atoms with Gasteiger partial charge >= 0.3 is 19.8 Å². The van der Waals surface area contributed by atoms with Crippen LogP contribution >= 0.6 is 7.82 Å². The van der Waals surface area contributed by atoms with Gasteiger partial charge in [-0.1, -0.05) is 290 Å². The Kier molecular flexibility index (Phi) is 51.1. The maximum absolute atomic E-state index is 12.8. The monoisotopic (exact) mass is 1000 g/mol. The number of ether oxygens (including phenoxy) is 2. The number of nitrogens with zero attached hydrogens (tertiary/aromatic N) is 1. The molecule has 2 unspecified atom stereocenters. The van der Waals surface area contributed by atoms with Gasteiger partial charge in [0.15, 0.2) is 6.10 Å². The Bertz CT molecular complexity index is 1130. The summed E-state index contributed by atoms with van der Waals surface area (Å²) in [5.41, 5.74) is 0. The van der Waals surface area contributed by atoms with Crippen LogP contribution in [0.15, 0.2) is 0 Å². The summed E-state index contributed by atoms with van der Waals surface area (Å²) in [5, 5.41) is 0. The highest BCUT2D eigenvalue weighted by Gasteiger charge is 2.27. The molecule has 0 spiro atoms. The molecule has 0 aliphatic carbocycles. The topological polar surface area (TPSA) is 108 Å². The molecule has 0 rings (SSSR count). The number of unbranched alkanes of at least 4 members (excludes halogenated alkanes) is 43. The zero-order chi connectivity index (χ0) is 50.6. The van der Waals surface area contributed by atoms with E-state index in [1.165, 1.54) is 250 Å². The Morgan fingerprint density at radius 1 is 0.391 bits per heavy atom. The molecule has 0 amide bonds. The first-order chi connectivity index (χ1) is 33.5. The van der Waals surface area contributed by atoms with Crippen molar-refractivity contribution >= 4 is 19.8 Å². The molecule has 0 bridgehead atoms. The molecule has 0 saturated heterocycles. The van der Waals surface area contributed by atoms with Gasteiger partial charge in [0.25, 0.3) is 0 Å². The fourth-order valence-electron chi connectivity index (χ4n) is 9.20. The quantitative estimate of drug-likeness (QED) is 0.0278. The van der Waals surface area contributed by atoms with Crippen molar-refractivity contribution in [1.29, 1.82) is 0 Å². The number of rotatable bonds is 57. The lowest BCUT2D eigenvalue weighted by molar-refractivity contribution is -0.870. The van der Waals surface area contributed by atoms with E-state index in [4.69, 9.17) is 18.5 Å². The molecule has 0 aliphatic heterocycles. The Morgan fingerprint density at radius 3 is 0.928 bits per heavy atom. The standard InChI is InChI=1S/C59H118NO8P/c1-6-8-10-12-14-16-18-20-22-24-26-27-28-29-30-31-32-34-36-38-40-42-44-46-48-50-52-59(62)68-57(56-67-69(63,64)66-54-53-60(3,4)5)55-65-58(61)51-49-47-45-43-41-39-37-35-33-25-23-21-19-17-15-13-11-9-7-2/h57H,6-56H2,1-5H3/p+1. The largest absolute Gasteiger partial charge is 0.472 e. The molecule has 0 aromatic rings. The Labute approximate surface area is 429 Å². The van der Waals surface area contributed by atoms with Gasteiger partial charge in [0, 0.05) is 12.8 Å². The van der Waals surface area contributed by atoms with E-state index in [-0.39, 0.29) is 25.6 Å². The number of carbonyl (C=O) groups is 2. The second kappa shape index (κ2) is 51.9. The first-order valence-electron chi connectivity index (χ1n) is 30.3. The molecule has 1 N–H and O–H groups in total. The van der Waals surface area contributed by atoms with Crippen molar-refractivity contribution in [3.8, 4) is 0 Å². The molecule has 0 aliphatic rings. The summed E-state index contributed by atoms with van der Waals surface area (Å²) in [6.07, 6.45) is 58.9. The van der Waals surface area contributed by atoms with E-state index >= 15 is 0 Å². The summed E-state index contributed by atoms with van der Waals surface area (Å²) in [7, 11) is 1.50. The minimum Gasteiger partial charge on any atom is -0.462 e. The third kappa shape index (κ3) is 56.2. The number of likely N-dealkylation sites (N-methyl/N-ethyl adjacent to an activating group) is 1. The Morgan fingerprint density at radius 2 is 0.652 bits per heavy atom. The number of phosphoric ester groups is 1. The van der Waals surface area contributed by atoms with Crippen LogP contribution in [0.3, 0.4) is 0 Å². The van der Waals surface area contributed by atoms with Gasteiger partial charge < -0.3 is 18.9 Å². The van der Waals surface area contributed by atoms with Crippen LogP contribution in [-0.2, 0) is 32.7 Å². The van der Waals surface area contributed by atoms with Gasteiger partial charge in [-0.3, -0.25) is 18.6 Å². The molecule has 0 aromatic heterocycles. The molecule has 0 heterocycles. The second-order valence-electron chi connectivity index (χ2n) is 22.1. The molecule has 69 heavy (non-hydrogen) atoms. The van der Waals surface area contributed by atoms with Gasteiger partial charge in [-0.05, 0) is 12.8 Å². The van der Waals surface area contributed by atoms with Crippen LogP contribution in [0.2, 0.25) is 0 Å². The fourth-order valence-corrected chi connectivity index (χ4v) is 9.94. The lowest BCUT2D eigenvalue weighted by Crippen LogP contribution is -2.37. The van der Waals surface area contributed by atoms with Crippen LogP contribution in [-0.4, -0.2) is 74.9 Å². The maximum Gasteiger partial charge on any atom is 0.472 e. The molecule has 0 radical (unpaired) electrons. The molecule has 0 aromatic carbocycles. The van der Waals surface area contributed by atoms with Crippen LogP contribution in [0.25, 0.3) is 0 Å². The smallest absolute Gasteiger partial charge is 0.462 e. The van der Waals surface area contributed by atoms with E-state index in [1.807, 2.05) is 21.1 Å². The highest BCUT2D eigenvalue weighted by Crippen LogP contribution is 2.43. The lowest BCUT2D eigenvalue weighted by atomic mass is 10.0. The van der Waals surface area contributed by atoms with Crippen LogP contribution in [0.5, 0.6) is 0 Å². The van der Waals surface area contributed by atoms with E-state index < -0.39 is 26.5 Å². The van der Waals surface area contributed by atoms with Crippen molar-refractivity contribution in [3.05, 3.63) is 0 Å². The Balaban J connectivity index is 4.06. The lowest BCUT2D eigenvalue weighted by Gasteiger charge is -2.24. The molecule has 2 atom stereocenters. The van der Waals surface area contributed by atoms with Crippen LogP contribution < -0.4 is 0 Å². The van der Waals surface area contributed by atoms with Crippen LogP contribution in [0, 0.1) is 0 Å².